The molecule has 0 amide bonds. The van der Waals surface area contributed by atoms with Crippen molar-refractivity contribution in [1.29, 1.82) is 0 Å². The lowest BCUT2D eigenvalue weighted by Crippen LogP contribution is -2.12. The van der Waals surface area contributed by atoms with E-state index in [0.29, 0.717) is 11.5 Å². The number of aromatic amines is 1. The third-order valence-electron chi connectivity index (χ3n) is 2.40. The zero-order valence-corrected chi connectivity index (χ0v) is 9.86. The first-order valence-corrected chi connectivity index (χ1v) is 5.36. The first-order valence-electron chi connectivity index (χ1n) is 5.36. The smallest absolute Gasteiger partial charge is 0.316 e. The third kappa shape index (κ3) is 1.99. The Balaban J connectivity index is 2.22. The molecular weight excluding hydrogens is 248 g/mol. The highest BCUT2D eigenvalue weighted by atomic mass is 16.5. The molecule has 3 aromatic rings. The topological polar surface area (TPSA) is 107 Å². The summed E-state index contributed by atoms with van der Waals surface area (Å²) in [6.07, 6.45) is 4.42. The number of methoxy groups -OCH3 is 1. The second-order valence-corrected chi connectivity index (χ2v) is 3.57. The molecule has 3 rings (SSSR count). The summed E-state index contributed by atoms with van der Waals surface area (Å²) >= 11 is 0. The van der Waals surface area contributed by atoms with E-state index in [9.17, 15) is 4.79 Å². The van der Waals surface area contributed by atoms with Crippen LogP contribution in [0, 0.1) is 0 Å². The molecule has 0 saturated heterocycles. The van der Waals surface area contributed by atoms with Gasteiger partial charge in [-0.3, -0.25) is 4.79 Å². The van der Waals surface area contributed by atoms with Crippen molar-refractivity contribution in [2.24, 2.45) is 0 Å². The molecule has 0 aliphatic heterocycles. The van der Waals surface area contributed by atoms with Gasteiger partial charge in [-0.1, -0.05) is 0 Å². The van der Waals surface area contributed by atoms with E-state index < -0.39 is 0 Å². The summed E-state index contributed by atoms with van der Waals surface area (Å²) < 4.78 is 4.92. The molecule has 0 radical (unpaired) electrons. The van der Waals surface area contributed by atoms with Crippen molar-refractivity contribution in [3.63, 3.8) is 0 Å². The van der Waals surface area contributed by atoms with Gasteiger partial charge in [-0.2, -0.15) is 4.98 Å². The average molecular weight is 256 g/mol. The number of nitrogens with one attached hydrogen (secondary N) is 1. The highest BCUT2D eigenvalue weighted by Crippen LogP contribution is 2.13. The molecule has 0 fully saturated rings. The van der Waals surface area contributed by atoms with Crippen LogP contribution in [0.25, 0.3) is 22.7 Å². The van der Waals surface area contributed by atoms with Crippen molar-refractivity contribution < 1.29 is 4.74 Å². The highest BCUT2D eigenvalue weighted by molar-refractivity contribution is 5.70. The fraction of sp³-hybridized carbons (Fsp3) is 0.0909. The Morgan fingerprint density at radius 3 is 2.79 bits per heavy atom. The summed E-state index contributed by atoms with van der Waals surface area (Å²) in [5.74, 6) is 0.290. The van der Waals surface area contributed by atoms with E-state index in [2.05, 4.69) is 29.9 Å². The fourth-order valence-electron chi connectivity index (χ4n) is 1.57. The van der Waals surface area contributed by atoms with Crippen LogP contribution in [0.2, 0.25) is 0 Å². The largest absolute Gasteiger partial charge is 0.467 e. The summed E-state index contributed by atoms with van der Waals surface area (Å²) in [4.78, 5) is 34.6. The van der Waals surface area contributed by atoms with Gasteiger partial charge in [0.1, 0.15) is 5.69 Å². The Morgan fingerprint density at radius 1 is 1.11 bits per heavy atom. The van der Waals surface area contributed by atoms with Crippen LogP contribution < -0.4 is 10.3 Å². The second-order valence-electron chi connectivity index (χ2n) is 3.57. The monoisotopic (exact) mass is 256 g/mol. The predicted octanol–water partition coefficient (Wildman–Crippen LogP) is 0.179. The Bertz CT molecular complexity index is 800. The van der Waals surface area contributed by atoms with Gasteiger partial charge in [0.2, 0.25) is 0 Å². The molecule has 1 N–H and O–H groups in total. The first kappa shape index (κ1) is 11.2. The lowest BCUT2D eigenvalue weighted by molar-refractivity contribution is 0.380. The molecule has 0 spiro atoms. The van der Waals surface area contributed by atoms with E-state index >= 15 is 0 Å². The number of hydrogen-bond acceptors (Lipinski definition) is 7. The number of aromatic nitrogens is 6. The van der Waals surface area contributed by atoms with Crippen LogP contribution in [0.1, 0.15) is 0 Å². The van der Waals surface area contributed by atoms with Gasteiger partial charge in [-0.15, -0.1) is 0 Å². The summed E-state index contributed by atoms with van der Waals surface area (Å²) in [6, 6.07) is 1.81. The van der Waals surface area contributed by atoms with Crippen molar-refractivity contribution in [1.82, 2.24) is 29.9 Å². The van der Waals surface area contributed by atoms with Crippen molar-refractivity contribution in [2.45, 2.75) is 0 Å². The van der Waals surface area contributed by atoms with Crippen molar-refractivity contribution in [2.75, 3.05) is 7.11 Å². The van der Waals surface area contributed by atoms with Gasteiger partial charge in [0, 0.05) is 18.6 Å². The van der Waals surface area contributed by atoms with Crippen molar-refractivity contribution in [3.8, 4) is 17.5 Å². The number of nitrogens with zero attached hydrogens (tertiary/aromatic N) is 5. The van der Waals surface area contributed by atoms with E-state index in [1.54, 1.807) is 6.07 Å². The van der Waals surface area contributed by atoms with Gasteiger partial charge in [-0.05, 0) is 6.07 Å². The number of hydrogen-bond donors (Lipinski definition) is 1. The third-order valence-corrected chi connectivity index (χ3v) is 2.40. The molecule has 3 aromatic heterocycles. The molecule has 0 aliphatic rings. The maximum atomic E-state index is 11.9. The minimum atomic E-state index is -0.370. The van der Waals surface area contributed by atoms with E-state index in [1.807, 2.05) is 0 Å². The fourth-order valence-corrected chi connectivity index (χ4v) is 1.57. The van der Waals surface area contributed by atoms with Gasteiger partial charge >= 0.3 is 6.01 Å². The van der Waals surface area contributed by atoms with Crippen LogP contribution in [0.5, 0.6) is 6.01 Å². The summed E-state index contributed by atoms with van der Waals surface area (Å²) in [6.45, 7) is 0. The number of ether oxygens (including phenoxy) is 1. The number of H-pyrrole nitrogens is 1. The number of fused-ring (bicyclic) bond motifs is 1. The second kappa shape index (κ2) is 4.41. The van der Waals surface area contributed by atoms with Gasteiger partial charge in [0.15, 0.2) is 17.0 Å². The molecule has 19 heavy (non-hydrogen) atoms. The Kier molecular flexibility index (Phi) is 2.60. The molecule has 8 heteroatoms. The Hall–Kier alpha value is -2.90. The zero-order chi connectivity index (χ0) is 13.2. The molecule has 0 aliphatic carbocycles. The summed E-state index contributed by atoms with van der Waals surface area (Å²) in [7, 11) is 1.46. The minimum absolute atomic E-state index is 0.187. The van der Waals surface area contributed by atoms with Crippen LogP contribution in [-0.2, 0) is 0 Å². The van der Waals surface area contributed by atoms with E-state index in [0.717, 1.165) is 0 Å². The standard InChI is InChI=1S/C11H8N6O2/c1-19-11-14-3-2-6(15-11)8-16-9-7(10(18)17-8)12-4-5-13-9/h2-5H,1H3,(H,13,16,17,18). The minimum Gasteiger partial charge on any atom is -0.467 e. The van der Waals surface area contributed by atoms with Gasteiger partial charge < -0.3 is 9.72 Å². The van der Waals surface area contributed by atoms with Crippen LogP contribution in [0.15, 0.2) is 29.5 Å². The summed E-state index contributed by atoms with van der Waals surface area (Å²) in [5, 5.41) is 0. The van der Waals surface area contributed by atoms with Crippen LogP contribution >= 0.6 is 0 Å². The maximum Gasteiger partial charge on any atom is 0.316 e. The molecule has 0 aromatic carbocycles. The van der Waals surface area contributed by atoms with Gasteiger partial charge in [-0.25, -0.2) is 19.9 Å². The van der Waals surface area contributed by atoms with Crippen LogP contribution in [-0.4, -0.2) is 37.0 Å². The molecule has 0 saturated carbocycles. The van der Waals surface area contributed by atoms with E-state index in [1.165, 1.54) is 25.7 Å². The molecular formula is C11H8N6O2. The van der Waals surface area contributed by atoms with E-state index in [4.69, 9.17) is 4.74 Å². The molecule has 94 valence electrons. The lowest BCUT2D eigenvalue weighted by atomic mass is 10.3. The molecule has 0 atom stereocenters. The lowest BCUT2D eigenvalue weighted by Gasteiger charge is -2.02. The SMILES string of the molecule is COc1nccc(-c2nc3nccnc3c(=O)[nH]2)n1. The highest BCUT2D eigenvalue weighted by Gasteiger charge is 2.09. The average Bonchev–Trinajstić information content (AvgIpc) is 2.47. The Morgan fingerprint density at radius 2 is 1.95 bits per heavy atom. The van der Waals surface area contributed by atoms with Crippen LogP contribution in [0.4, 0.5) is 0 Å². The molecule has 8 nitrogen and oxygen atoms in total. The number of rotatable bonds is 2. The molecule has 0 bridgehead atoms. The maximum absolute atomic E-state index is 11.9. The van der Waals surface area contributed by atoms with Gasteiger partial charge in [0.25, 0.3) is 5.56 Å². The Labute approximate surface area is 106 Å². The predicted molar refractivity (Wildman–Crippen MR) is 65.5 cm³/mol. The quantitative estimate of drug-likeness (QED) is 0.696. The summed E-state index contributed by atoms with van der Waals surface area (Å²) in [5.41, 5.74) is 0.522. The van der Waals surface area contributed by atoms with Crippen LogP contribution in [0.3, 0.4) is 0 Å². The van der Waals surface area contributed by atoms with Crippen molar-refractivity contribution in [3.05, 3.63) is 35.0 Å². The molecule has 3 heterocycles. The van der Waals surface area contributed by atoms with Gasteiger partial charge in [0.05, 0.1) is 7.11 Å². The molecule has 0 unspecified atom stereocenters. The normalized spacial score (nSPS) is 10.6. The van der Waals surface area contributed by atoms with E-state index in [-0.39, 0.29) is 22.7 Å². The van der Waals surface area contributed by atoms with Crippen molar-refractivity contribution >= 4 is 11.2 Å². The zero-order valence-electron chi connectivity index (χ0n) is 9.86. The first-order chi connectivity index (χ1) is 9.28.